The van der Waals surface area contributed by atoms with Gasteiger partial charge in [0.2, 0.25) is 0 Å². The molecule has 1 aromatic carbocycles. The molecule has 19 heavy (non-hydrogen) atoms. The molecule has 0 aromatic heterocycles. The number of hydrogen-bond acceptors (Lipinski definition) is 4. The van der Waals surface area contributed by atoms with Crippen LogP contribution in [0.1, 0.15) is 18.4 Å². The Morgan fingerprint density at radius 1 is 1.26 bits per heavy atom. The lowest BCUT2D eigenvalue weighted by atomic mass is 10.1. The summed E-state index contributed by atoms with van der Waals surface area (Å²) in [5, 5.41) is 0. The molecule has 0 saturated carbocycles. The van der Waals surface area contributed by atoms with Crippen LogP contribution in [0.25, 0.3) is 0 Å². The maximum Gasteiger partial charge on any atom is 0.161 e. The normalized spacial score (nSPS) is 19.6. The van der Waals surface area contributed by atoms with E-state index in [0.29, 0.717) is 6.04 Å². The van der Waals surface area contributed by atoms with E-state index in [2.05, 4.69) is 11.0 Å². The molecule has 0 unspecified atom stereocenters. The van der Waals surface area contributed by atoms with E-state index in [1.807, 2.05) is 12.1 Å². The fraction of sp³-hybridized carbons (Fsp3) is 0.571. The van der Waals surface area contributed by atoms with Gasteiger partial charge in [0.25, 0.3) is 0 Å². The van der Waals surface area contributed by atoms with Gasteiger partial charge in [0.05, 0.1) is 14.2 Å². The average molecular weight is 287 g/mol. The molecule has 1 aromatic rings. The minimum atomic E-state index is 0. The number of piperidine rings is 1. The highest BCUT2D eigenvalue weighted by Crippen LogP contribution is 2.28. The molecule has 2 N–H and O–H groups in total. The summed E-state index contributed by atoms with van der Waals surface area (Å²) in [7, 11) is 3.32. The van der Waals surface area contributed by atoms with Crippen molar-refractivity contribution in [3.63, 3.8) is 0 Å². The molecular weight excluding hydrogens is 264 g/mol. The quantitative estimate of drug-likeness (QED) is 0.920. The fourth-order valence-electron chi connectivity index (χ4n) is 2.47. The number of hydrogen-bond donors (Lipinski definition) is 1. The molecule has 1 aliphatic heterocycles. The van der Waals surface area contributed by atoms with Crippen LogP contribution < -0.4 is 15.2 Å². The van der Waals surface area contributed by atoms with Gasteiger partial charge >= 0.3 is 0 Å². The summed E-state index contributed by atoms with van der Waals surface area (Å²) in [5.41, 5.74) is 7.23. The van der Waals surface area contributed by atoms with Crippen molar-refractivity contribution < 1.29 is 9.47 Å². The third-order valence-corrected chi connectivity index (χ3v) is 3.40. The molecule has 1 heterocycles. The summed E-state index contributed by atoms with van der Waals surface area (Å²) in [5.74, 6) is 1.56. The van der Waals surface area contributed by atoms with Crippen molar-refractivity contribution in [2.75, 3.05) is 27.3 Å². The van der Waals surface area contributed by atoms with Gasteiger partial charge in [-0.05, 0) is 37.1 Å². The molecule has 0 amide bonds. The molecular formula is C14H23ClN2O2. The van der Waals surface area contributed by atoms with Crippen molar-refractivity contribution in [1.82, 2.24) is 4.90 Å². The van der Waals surface area contributed by atoms with Crippen LogP contribution in [0.15, 0.2) is 18.2 Å². The standard InChI is InChI=1S/C14H22N2O2.ClH/c1-17-13-6-5-11(8-14(13)18-2)9-16-7-3-4-12(15)10-16;/h5-6,8,12H,3-4,7,9-10,15H2,1-2H3;1H/t12-;/m1./s1. The first kappa shape index (κ1) is 16.1. The molecule has 1 fully saturated rings. The molecule has 108 valence electrons. The molecule has 4 nitrogen and oxygen atoms in total. The topological polar surface area (TPSA) is 47.7 Å². The van der Waals surface area contributed by atoms with Crippen molar-refractivity contribution in [1.29, 1.82) is 0 Å². The number of rotatable bonds is 4. The van der Waals surface area contributed by atoms with Gasteiger partial charge in [0.1, 0.15) is 0 Å². The summed E-state index contributed by atoms with van der Waals surface area (Å²) in [6.45, 7) is 3.03. The van der Waals surface area contributed by atoms with Gasteiger partial charge in [-0.15, -0.1) is 12.4 Å². The number of nitrogens with zero attached hydrogens (tertiary/aromatic N) is 1. The van der Waals surface area contributed by atoms with Gasteiger partial charge in [-0.3, -0.25) is 4.90 Å². The summed E-state index contributed by atoms with van der Waals surface area (Å²) >= 11 is 0. The molecule has 0 spiro atoms. The predicted molar refractivity (Wildman–Crippen MR) is 79.3 cm³/mol. The van der Waals surface area contributed by atoms with Gasteiger partial charge in [-0.2, -0.15) is 0 Å². The zero-order chi connectivity index (χ0) is 13.0. The monoisotopic (exact) mass is 286 g/mol. The molecule has 5 heteroatoms. The maximum atomic E-state index is 5.99. The first-order valence-corrected chi connectivity index (χ1v) is 6.41. The lowest BCUT2D eigenvalue weighted by Crippen LogP contribution is -2.42. The highest BCUT2D eigenvalue weighted by Gasteiger charge is 2.17. The fourth-order valence-corrected chi connectivity index (χ4v) is 2.47. The highest BCUT2D eigenvalue weighted by atomic mass is 35.5. The zero-order valence-corrected chi connectivity index (χ0v) is 12.4. The van der Waals surface area contributed by atoms with Gasteiger partial charge in [-0.1, -0.05) is 6.07 Å². The molecule has 0 bridgehead atoms. The van der Waals surface area contributed by atoms with Gasteiger partial charge in [0.15, 0.2) is 11.5 Å². The third kappa shape index (κ3) is 4.27. The first-order chi connectivity index (χ1) is 8.72. The van der Waals surface area contributed by atoms with Gasteiger partial charge < -0.3 is 15.2 Å². The summed E-state index contributed by atoms with van der Waals surface area (Å²) in [6.07, 6.45) is 2.33. The molecule has 0 aliphatic carbocycles. The van der Waals surface area contributed by atoms with E-state index < -0.39 is 0 Å². The number of benzene rings is 1. The Hall–Kier alpha value is -0.970. The van der Waals surface area contributed by atoms with E-state index in [1.165, 1.54) is 12.0 Å². The van der Waals surface area contributed by atoms with Crippen LogP contribution in [-0.4, -0.2) is 38.3 Å². The van der Waals surface area contributed by atoms with E-state index >= 15 is 0 Å². The second-order valence-electron chi connectivity index (χ2n) is 4.83. The lowest BCUT2D eigenvalue weighted by Gasteiger charge is -2.30. The molecule has 2 rings (SSSR count). The van der Waals surface area contributed by atoms with Crippen molar-refractivity contribution >= 4 is 12.4 Å². The smallest absolute Gasteiger partial charge is 0.161 e. The summed E-state index contributed by atoms with van der Waals surface area (Å²) < 4.78 is 10.6. The maximum absolute atomic E-state index is 5.99. The number of nitrogens with two attached hydrogens (primary N) is 1. The number of methoxy groups -OCH3 is 2. The van der Waals surface area contributed by atoms with Crippen LogP contribution >= 0.6 is 12.4 Å². The van der Waals surface area contributed by atoms with Crippen LogP contribution in [0.2, 0.25) is 0 Å². The zero-order valence-electron chi connectivity index (χ0n) is 11.6. The third-order valence-electron chi connectivity index (χ3n) is 3.40. The van der Waals surface area contributed by atoms with Crippen molar-refractivity contribution in [2.24, 2.45) is 5.73 Å². The van der Waals surface area contributed by atoms with E-state index in [4.69, 9.17) is 15.2 Å². The van der Waals surface area contributed by atoms with E-state index in [-0.39, 0.29) is 12.4 Å². The highest BCUT2D eigenvalue weighted by molar-refractivity contribution is 5.85. The van der Waals surface area contributed by atoms with Crippen LogP contribution in [0.4, 0.5) is 0 Å². The van der Waals surface area contributed by atoms with E-state index in [1.54, 1.807) is 14.2 Å². The van der Waals surface area contributed by atoms with Gasteiger partial charge in [-0.25, -0.2) is 0 Å². The summed E-state index contributed by atoms with van der Waals surface area (Å²) in [6, 6.07) is 6.40. The van der Waals surface area contributed by atoms with Crippen LogP contribution in [0.3, 0.4) is 0 Å². The molecule has 1 atom stereocenters. The summed E-state index contributed by atoms with van der Waals surface area (Å²) in [4.78, 5) is 2.40. The Bertz CT molecular complexity index is 401. The van der Waals surface area contributed by atoms with Crippen molar-refractivity contribution in [3.8, 4) is 11.5 Å². The Balaban J connectivity index is 0.00000180. The lowest BCUT2D eigenvalue weighted by molar-refractivity contribution is 0.201. The largest absolute Gasteiger partial charge is 0.493 e. The van der Waals surface area contributed by atoms with Crippen molar-refractivity contribution in [2.45, 2.75) is 25.4 Å². The molecule has 0 radical (unpaired) electrons. The Labute approximate surface area is 121 Å². The Morgan fingerprint density at radius 2 is 2.00 bits per heavy atom. The minimum absolute atomic E-state index is 0. The van der Waals surface area contributed by atoms with Gasteiger partial charge in [0, 0.05) is 19.1 Å². The van der Waals surface area contributed by atoms with Crippen LogP contribution in [0, 0.1) is 0 Å². The van der Waals surface area contributed by atoms with Crippen LogP contribution in [-0.2, 0) is 6.54 Å². The van der Waals surface area contributed by atoms with E-state index in [0.717, 1.165) is 37.6 Å². The van der Waals surface area contributed by atoms with E-state index in [9.17, 15) is 0 Å². The Morgan fingerprint density at radius 3 is 2.63 bits per heavy atom. The average Bonchev–Trinajstić information content (AvgIpc) is 2.38. The van der Waals surface area contributed by atoms with Crippen LogP contribution in [0.5, 0.6) is 11.5 Å². The number of likely N-dealkylation sites (tertiary alicyclic amines) is 1. The minimum Gasteiger partial charge on any atom is -0.493 e. The van der Waals surface area contributed by atoms with Crippen molar-refractivity contribution in [3.05, 3.63) is 23.8 Å². The molecule has 1 aliphatic rings. The number of ether oxygens (including phenoxy) is 2. The molecule has 1 saturated heterocycles. The predicted octanol–water partition coefficient (Wildman–Crippen LogP) is 2.05. The Kier molecular flexibility index (Phi) is 6.42. The second kappa shape index (κ2) is 7.58. The number of halogens is 1. The SMILES string of the molecule is COc1ccc(CN2CCC[C@@H](N)C2)cc1OC.Cl. The first-order valence-electron chi connectivity index (χ1n) is 6.41. The second-order valence-corrected chi connectivity index (χ2v) is 4.83.